The lowest BCUT2D eigenvalue weighted by molar-refractivity contribution is 0.625. The van der Waals surface area contributed by atoms with Crippen molar-refractivity contribution in [3.05, 3.63) is 59.4 Å². The molecule has 0 radical (unpaired) electrons. The third-order valence-corrected chi connectivity index (χ3v) is 4.20. The molecular formula is C14H14FNOS. The number of rotatable bonds is 3. The molecule has 2 nitrogen and oxygen atoms in total. The van der Waals surface area contributed by atoms with Crippen molar-refractivity contribution in [2.24, 2.45) is 0 Å². The third-order valence-electron chi connectivity index (χ3n) is 2.76. The van der Waals surface area contributed by atoms with Gasteiger partial charge in [-0.2, -0.15) is 0 Å². The van der Waals surface area contributed by atoms with Crippen LogP contribution in [0.1, 0.15) is 11.1 Å². The van der Waals surface area contributed by atoms with Gasteiger partial charge in [0.25, 0.3) is 0 Å². The van der Waals surface area contributed by atoms with Crippen LogP contribution in [0.3, 0.4) is 0 Å². The van der Waals surface area contributed by atoms with E-state index in [1.165, 1.54) is 12.1 Å². The second kappa shape index (κ2) is 5.31. The summed E-state index contributed by atoms with van der Waals surface area (Å²) in [5.41, 5.74) is 7.96. The molecule has 4 heteroatoms. The van der Waals surface area contributed by atoms with Gasteiger partial charge in [-0.25, -0.2) is 4.39 Å². The van der Waals surface area contributed by atoms with Gasteiger partial charge in [0.2, 0.25) is 0 Å². The Morgan fingerprint density at radius 2 is 1.94 bits per heavy atom. The van der Waals surface area contributed by atoms with Crippen LogP contribution in [0.15, 0.2) is 47.4 Å². The third kappa shape index (κ3) is 2.76. The molecule has 0 bridgehead atoms. The van der Waals surface area contributed by atoms with Crippen LogP contribution in [0.5, 0.6) is 0 Å². The zero-order valence-electron chi connectivity index (χ0n) is 10.0. The summed E-state index contributed by atoms with van der Waals surface area (Å²) < 4.78 is 25.4. The average Bonchev–Trinajstić information content (AvgIpc) is 2.34. The summed E-state index contributed by atoms with van der Waals surface area (Å²) in [7, 11) is -1.26. The van der Waals surface area contributed by atoms with E-state index in [0.29, 0.717) is 10.6 Å². The molecule has 0 saturated heterocycles. The first kappa shape index (κ1) is 12.8. The number of nitrogen functional groups attached to an aromatic ring is 1. The van der Waals surface area contributed by atoms with Crippen molar-refractivity contribution < 1.29 is 8.60 Å². The highest BCUT2D eigenvalue weighted by Crippen LogP contribution is 2.20. The largest absolute Gasteiger partial charge is 0.398 e. The Labute approximate surface area is 108 Å². The van der Waals surface area contributed by atoms with Crippen LogP contribution in [0.2, 0.25) is 0 Å². The van der Waals surface area contributed by atoms with E-state index in [1.54, 1.807) is 30.3 Å². The van der Waals surface area contributed by atoms with E-state index >= 15 is 0 Å². The lowest BCUT2D eigenvalue weighted by Gasteiger charge is -2.08. The molecule has 2 aromatic carbocycles. The number of aryl methyl sites for hydroxylation is 1. The molecular weight excluding hydrogens is 249 g/mol. The zero-order chi connectivity index (χ0) is 13.1. The van der Waals surface area contributed by atoms with Crippen LogP contribution in [-0.2, 0) is 16.6 Å². The van der Waals surface area contributed by atoms with Crippen molar-refractivity contribution >= 4 is 16.5 Å². The number of nitrogens with two attached hydrogens (primary N) is 1. The second-order valence-corrected chi connectivity index (χ2v) is 5.52. The second-order valence-electron chi connectivity index (χ2n) is 4.10. The molecule has 0 aromatic heterocycles. The summed E-state index contributed by atoms with van der Waals surface area (Å²) >= 11 is 0. The van der Waals surface area contributed by atoms with Crippen LogP contribution in [0, 0.1) is 12.7 Å². The molecule has 0 amide bonds. The number of benzene rings is 2. The standard InChI is InChI=1S/C14H14FNOS/c1-10-6-7-12(15)8-11(10)9-18(17)14-5-3-2-4-13(14)16/h2-8H,9,16H2,1H3. The Balaban J connectivity index is 2.27. The number of anilines is 1. The van der Waals surface area contributed by atoms with Gasteiger partial charge in [-0.05, 0) is 42.3 Å². The minimum Gasteiger partial charge on any atom is -0.398 e. The number of hydrogen-bond acceptors (Lipinski definition) is 2. The maximum absolute atomic E-state index is 13.2. The molecule has 2 N–H and O–H groups in total. The van der Waals surface area contributed by atoms with Crippen molar-refractivity contribution in [1.82, 2.24) is 0 Å². The smallest absolute Gasteiger partial charge is 0.123 e. The van der Waals surface area contributed by atoms with Gasteiger partial charge >= 0.3 is 0 Å². The molecule has 1 atom stereocenters. The summed E-state index contributed by atoms with van der Waals surface area (Å²) in [6.07, 6.45) is 0. The maximum atomic E-state index is 13.2. The normalized spacial score (nSPS) is 12.3. The summed E-state index contributed by atoms with van der Waals surface area (Å²) in [6, 6.07) is 11.6. The Kier molecular flexibility index (Phi) is 3.77. The predicted molar refractivity (Wildman–Crippen MR) is 72.1 cm³/mol. The van der Waals surface area contributed by atoms with Crippen molar-refractivity contribution in [3.8, 4) is 0 Å². The van der Waals surface area contributed by atoms with Crippen LogP contribution in [0.4, 0.5) is 10.1 Å². The highest BCUT2D eigenvalue weighted by atomic mass is 32.2. The Bertz CT molecular complexity index is 598. The van der Waals surface area contributed by atoms with E-state index in [1.807, 2.05) is 6.92 Å². The average molecular weight is 263 g/mol. The molecule has 0 aliphatic rings. The van der Waals surface area contributed by atoms with Crippen LogP contribution < -0.4 is 5.73 Å². The van der Waals surface area contributed by atoms with Crippen molar-refractivity contribution in [2.45, 2.75) is 17.6 Å². The summed E-state index contributed by atoms with van der Waals surface area (Å²) in [5, 5.41) is 0. The zero-order valence-corrected chi connectivity index (χ0v) is 10.8. The molecule has 2 rings (SSSR count). The number of halogens is 1. The fourth-order valence-electron chi connectivity index (χ4n) is 1.70. The first-order chi connectivity index (χ1) is 8.58. The van der Waals surface area contributed by atoms with Crippen LogP contribution >= 0.6 is 0 Å². The van der Waals surface area contributed by atoms with E-state index in [-0.39, 0.29) is 11.6 Å². The Morgan fingerprint density at radius 1 is 1.22 bits per heavy atom. The van der Waals surface area contributed by atoms with E-state index in [4.69, 9.17) is 5.73 Å². The fraction of sp³-hybridized carbons (Fsp3) is 0.143. The lowest BCUT2D eigenvalue weighted by Crippen LogP contribution is -2.02. The molecule has 0 aliphatic heterocycles. The van der Waals surface area contributed by atoms with Crippen molar-refractivity contribution in [2.75, 3.05) is 5.73 Å². The molecule has 0 heterocycles. The van der Waals surface area contributed by atoms with Gasteiger partial charge in [-0.15, -0.1) is 0 Å². The Morgan fingerprint density at radius 3 is 2.67 bits per heavy atom. The fourth-order valence-corrected chi connectivity index (χ4v) is 3.01. The maximum Gasteiger partial charge on any atom is 0.123 e. The Hall–Kier alpha value is -1.68. The minimum atomic E-state index is -1.26. The van der Waals surface area contributed by atoms with E-state index in [9.17, 15) is 8.60 Å². The molecule has 0 fully saturated rings. The van der Waals surface area contributed by atoms with Crippen molar-refractivity contribution in [1.29, 1.82) is 0 Å². The molecule has 18 heavy (non-hydrogen) atoms. The van der Waals surface area contributed by atoms with Crippen LogP contribution in [0.25, 0.3) is 0 Å². The van der Waals surface area contributed by atoms with Gasteiger partial charge < -0.3 is 5.73 Å². The highest BCUT2D eigenvalue weighted by molar-refractivity contribution is 7.84. The highest BCUT2D eigenvalue weighted by Gasteiger charge is 2.10. The molecule has 0 saturated carbocycles. The van der Waals surface area contributed by atoms with Gasteiger partial charge in [-0.1, -0.05) is 18.2 Å². The quantitative estimate of drug-likeness (QED) is 0.865. The van der Waals surface area contributed by atoms with Gasteiger partial charge in [0.05, 0.1) is 21.4 Å². The summed E-state index contributed by atoms with van der Waals surface area (Å²) in [6.45, 7) is 1.88. The van der Waals surface area contributed by atoms with Gasteiger partial charge in [-0.3, -0.25) is 4.21 Å². The first-order valence-corrected chi connectivity index (χ1v) is 6.87. The monoisotopic (exact) mass is 263 g/mol. The SMILES string of the molecule is Cc1ccc(F)cc1CS(=O)c1ccccc1N. The van der Waals surface area contributed by atoms with Crippen LogP contribution in [-0.4, -0.2) is 4.21 Å². The molecule has 2 aromatic rings. The number of hydrogen-bond donors (Lipinski definition) is 1. The molecule has 0 spiro atoms. The van der Waals surface area contributed by atoms with Gasteiger partial charge in [0.1, 0.15) is 5.82 Å². The minimum absolute atomic E-state index is 0.276. The molecule has 1 unspecified atom stereocenters. The summed E-state index contributed by atoms with van der Waals surface area (Å²) in [5.74, 6) is -0.0358. The number of para-hydroxylation sites is 1. The van der Waals surface area contributed by atoms with E-state index in [0.717, 1.165) is 11.1 Å². The first-order valence-electron chi connectivity index (χ1n) is 5.56. The van der Waals surface area contributed by atoms with Crippen molar-refractivity contribution in [3.63, 3.8) is 0 Å². The topological polar surface area (TPSA) is 43.1 Å². The van der Waals surface area contributed by atoms with E-state index in [2.05, 4.69) is 0 Å². The van der Waals surface area contributed by atoms with Gasteiger partial charge in [0.15, 0.2) is 0 Å². The molecule has 0 aliphatic carbocycles. The predicted octanol–water partition coefficient (Wildman–Crippen LogP) is 3.02. The lowest BCUT2D eigenvalue weighted by atomic mass is 10.1. The van der Waals surface area contributed by atoms with E-state index < -0.39 is 10.8 Å². The molecule has 94 valence electrons. The summed E-state index contributed by atoms with van der Waals surface area (Å²) in [4.78, 5) is 0.598. The van der Waals surface area contributed by atoms with Gasteiger partial charge in [0, 0.05) is 5.69 Å².